The molecule has 11 heavy (non-hydrogen) atoms. The lowest BCUT2D eigenvalue weighted by atomic mass is 10.6. The van der Waals surface area contributed by atoms with Gasteiger partial charge in [-0.05, 0) is 6.92 Å². The fourth-order valence-electron chi connectivity index (χ4n) is 0.451. The number of sulfonamides is 1. The van der Waals surface area contributed by atoms with E-state index in [2.05, 4.69) is 5.14 Å². The Labute approximate surface area is 66.6 Å². The van der Waals surface area contributed by atoms with Gasteiger partial charge in [0.25, 0.3) is 0 Å². The molecule has 68 valence electrons. The average molecular weight is 201 g/mol. The Bertz CT molecular complexity index is 314. The largest absolute Gasteiger partial charge is 0.229 e. The zero-order chi connectivity index (χ0) is 9.28. The molecule has 0 aliphatic heterocycles. The molecule has 0 amide bonds. The molecule has 0 rings (SSSR count). The number of hydrogen-bond acceptors (Lipinski definition) is 4. The van der Waals surface area contributed by atoms with E-state index in [0.717, 1.165) is 6.26 Å². The van der Waals surface area contributed by atoms with Crippen LogP contribution < -0.4 is 5.14 Å². The Kier molecular flexibility index (Phi) is 3.04. The van der Waals surface area contributed by atoms with E-state index >= 15 is 0 Å². The van der Waals surface area contributed by atoms with E-state index in [1.54, 1.807) is 0 Å². The number of primary sulfonamides is 1. The first-order valence-electron chi connectivity index (χ1n) is 2.82. The Morgan fingerprint density at radius 1 is 1.27 bits per heavy atom. The van der Waals surface area contributed by atoms with Gasteiger partial charge in [0.05, 0.1) is 11.0 Å². The van der Waals surface area contributed by atoms with Crippen LogP contribution in [0.15, 0.2) is 0 Å². The van der Waals surface area contributed by atoms with Crippen molar-refractivity contribution in [1.29, 1.82) is 0 Å². The summed E-state index contributed by atoms with van der Waals surface area (Å²) in [6, 6.07) is 0. The molecular formula is C4H11NO4S2. The van der Waals surface area contributed by atoms with Gasteiger partial charge in [0.1, 0.15) is 0 Å². The Morgan fingerprint density at radius 3 is 1.73 bits per heavy atom. The molecule has 0 bridgehead atoms. The van der Waals surface area contributed by atoms with Crippen LogP contribution in [0.1, 0.15) is 6.92 Å². The summed E-state index contributed by atoms with van der Waals surface area (Å²) in [5.74, 6) is -0.522. The Hall–Kier alpha value is -0.140. The minimum atomic E-state index is -3.69. The number of hydrogen-bond donors (Lipinski definition) is 1. The molecule has 5 nitrogen and oxygen atoms in total. The molecule has 0 aliphatic carbocycles. The maximum Gasteiger partial charge on any atom is 0.210 e. The van der Waals surface area contributed by atoms with Gasteiger partial charge < -0.3 is 0 Å². The highest BCUT2D eigenvalue weighted by Gasteiger charge is 2.19. The van der Waals surface area contributed by atoms with Crippen molar-refractivity contribution in [3.63, 3.8) is 0 Å². The molecule has 0 aliphatic rings. The first-order chi connectivity index (χ1) is 4.63. The van der Waals surface area contributed by atoms with Crippen LogP contribution in [0, 0.1) is 0 Å². The summed E-state index contributed by atoms with van der Waals surface area (Å²) in [7, 11) is -6.98. The number of nitrogens with two attached hydrogens (primary N) is 1. The van der Waals surface area contributed by atoms with Crippen molar-refractivity contribution in [3.8, 4) is 0 Å². The van der Waals surface area contributed by atoms with E-state index in [1.807, 2.05) is 0 Å². The van der Waals surface area contributed by atoms with Gasteiger partial charge in [-0.2, -0.15) is 0 Å². The van der Waals surface area contributed by atoms with Gasteiger partial charge in [0.2, 0.25) is 10.0 Å². The third kappa shape index (κ3) is 5.16. The molecule has 0 heterocycles. The van der Waals surface area contributed by atoms with Gasteiger partial charge in [0.15, 0.2) is 9.84 Å². The van der Waals surface area contributed by atoms with Crippen LogP contribution in [-0.2, 0) is 19.9 Å². The van der Waals surface area contributed by atoms with Crippen LogP contribution in [-0.4, -0.2) is 34.1 Å². The lowest BCUT2D eigenvalue weighted by Crippen LogP contribution is -2.29. The van der Waals surface area contributed by atoms with E-state index < -0.39 is 30.9 Å². The second-order valence-electron chi connectivity index (χ2n) is 2.47. The molecule has 0 spiro atoms. The van der Waals surface area contributed by atoms with Crippen LogP contribution in [0.2, 0.25) is 0 Å². The lowest BCUT2D eigenvalue weighted by Gasteiger charge is -2.05. The van der Waals surface area contributed by atoms with Crippen LogP contribution >= 0.6 is 0 Å². The summed E-state index contributed by atoms with van der Waals surface area (Å²) in [4.78, 5) is 0. The van der Waals surface area contributed by atoms with Crippen LogP contribution in [0.25, 0.3) is 0 Å². The molecule has 1 atom stereocenters. The third-order valence-electron chi connectivity index (χ3n) is 1.20. The molecule has 0 fully saturated rings. The quantitative estimate of drug-likeness (QED) is 0.614. The number of sulfone groups is 1. The molecule has 0 saturated heterocycles. The molecular weight excluding hydrogens is 190 g/mol. The zero-order valence-electron chi connectivity index (χ0n) is 6.31. The van der Waals surface area contributed by atoms with Crippen LogP contribution in [0.5, 0.6) is 0 Å². The van der Waals surface area contributed by atoms with Gasteiger partial charge in [-0.1, -0.05) is 0 Å². The van der Waals surface area contributed by atoms with Crippen molar-refractivity contribution in [2.24, 2.45) is 5.14 Å². The topological polar surface area (TPSA) is 94.3 Å². The first kappa shape index (κ1) is 10.9. The summed E-state index contributed by atoms with van der Waals surface area (Å²) in [5.41, 5.74) is 0. The highest BCUT2D eigenvalue weighted by atomic mass is 32.2. The minimum Gasteiger partial charge on any atom is -0.229 e. The van der Waals surface area contributed by atoms with E-state index in [-0.39, 0.29) is 0 Å². The van der Waals surface area contributed by atoms with Gasteiger partial charge in [-0.3, -0.25) is 0 Å². The summed E-state index contributed by atoms with van der Waals surface area (Å²) in [5, 5.41) is 3.71. The molecule has 7 heteroatoms. The second-order valence-corrected chi connectivity index (χ2v) is 6.59. The molecule has 0 aromatic carbocycles. The monoisotopic (exact) mass is 201 g/mol. The predicted molar refractivity (Wildman–Crippen MR) is 42.3 cm³/mol. The molecule has 0 aromatic rings. The van der Waals surface area contributed by atoms with E-state index in [0.29, 0.717) is 0 Å². The second kappa shape index (κ2) is 3.08. The standard InChI is InChI=1S/C4H11NO4S2/c1-4(10(2,6)7)3-11(5,8)9/h4H,3H2,1-2H3,(H2,5,8,9). The van der Waals surface area contributed by atoms with Crippen molar-refractivity contribution < 1.29 is 16.8 Å². The zero-order valence-corrected chi connectivity index (χ0v) is 7.94. The van der Waals surface area contributed by atoms with Gasteiger partial charge >= 0.3 is 0 Å². The first-order valence-corrected chi connectivity index (χ1v) is 6.49. The average Bonchev–Trinajstić information content (AvgIpc) is 1.56. The maximum atomic E-state index is 10.7. The fraction of sp³-hybridized carbons (Fsp3) is 1.00. The van der Waals surface area contributed by atoms with Crippen LogP contribution in [0.4, 0.5) is 0 Å². The van der Waals surface area contributed by atoms with Crippen molar-refractivity contribution in [2.75, 3.05) is 12.0 Å². The van der Waals surface area contributed by atoms with Gasteiger partial charge in [0, 0.05) is 6.26 Å². The summed E-state index contributed by atoms with van der Waals surface area (Å²) >= 11 is 0. The lowest BCUT2D eigenvalue weighted by molar-refractivity contribution is 0.581. The predicted octanol–water partition coefficient (Wildman–Crippen LogP) is -1.29. The minimum absolute atomic E-state index is 0.522. The van der Waals surface area contributed by atoms with E-state index in [1.165, 1.54) is 6.92 Å². The SMILES string of the molecule is CC(CS(N)(=O)=O)S(C)(=O)=O. The van der Waals surface area contributed by atoms with Crippen molar-refractivity contribution in [3.05, 3.63) is 0 Å². The van der Waals surface area contributed by atoms with Gasteiger partial charge in [-0.15, -0.1) is 0 Å². The fourth-order valence-corrected chi connectivity index (χ4v) is 2.66. The molecule has 1 unspecified atom stereocenters. The highest BCUT2D eigenvalue weighted by molar-refractivity contribution is 7.94. The molecule has 0 saturated carbocycles. The molecule has 0 aromatic heterocycles. The van der Waals surface area contributed by atoms with Crippen molar-refractivity contribution in [2.45, 2.75) is 12.2 Å². The number of rotatable bonds is 3. The van der Waals surface area contributed by atoms with Gasteiger partial charge in [-0.25, -0.2) is 22.0 Å². The highest BCUT2D eigenvalue weighted by Crippen LogP contribution is 1.99. The van der Waals surface area contributed by atoms with E-state index in [4.69, 9.17) is 0 Å². The summed E-state index contributed by atoms with van der Waals surface area (Å²) in [6.07, 6.45) is 0.975. The Morgan fingerprint density at radius 2 is 1.64 bits per heavy atom. The third-order valence-corrected chi connectivity index (χ3v) is 4.00. The molecule has 0 radical (unpaired) electrons. The van der Waals surface area contributed by atoms with Crippen molar-refractivity contribution in [1.82, 2.24) is 0 Å². The van der Waals surface area contributed by atoms with E-state index in [9.17, 15) is 16.8 Å². The maximum absolute atomic E-state index is 10.7. The van der Waals surface area contributed by atoms with Crippen molar-refractivity contribution >= 4 is 19.9 Å². The normalized spacial score (nSPS) is 16.3. The summed E-state index contributed by atoms with van der Waals surface area (Å²) in [6.45, 7) is 1.31. The summed E-state index contributed by atoms with van der Waals surface area (Å²) < 4.78 is 42.2. The Balaban J connectivity index is 4.47. The van der Waals surface area contributed by atoms with Crippen LogP contribution in [0.3, 0.4) is 0 Å². The molecule has 2 N–H and O–H groups in total. The smallest absolute Gasteiger partial charge is 0.210 e.